The summed E-state index contributed by atoms with van der Waals surface area (Å²) < 4.78 is 6.55. The van der Waals surface area contributed by atoms with E-state index in [9.17, 15) is 4.79 Å². The molecule has 0 radical (unpaired) electrons. The van der Waals surface area contributed by atoms with Gasteiger partial charge in [-0.1, -0.05) is 0 Å². The van der Waals surface area contributed by atoms with Crippen LogP contribution in [0.25, 0.3) is 4.96 Å². The summed E-state index contributed by atoms with van der Waals surface area (Å²) in [6.07, 6.45) is 1.97. The van der Waals surface area contributed by atoms with Crippen LogP contribution in [0.3, 0.4) is 0 Å². The van der Waals surface area contributed by atoms with Crippen molar-refractivity contribution in [2.75, 3.05) is 7.11 Å². The molecule has 14 heavy (non-hydrogen) atoms. The molecule has 0 fully saturated rings. The van der Waals surface area contributed by atoms with E-state index in [2.05, 4.69) is 9.72 Å². The predicted molar refractivity (Wildman–Crippen MR) is 53.9 cm³/mol. The maximum absolute atomic E-state index is 11.3. The minimum absolute atomic E-state index is 0.379. The third-order valence-corrected chi connectivity index (χ3v) is 2.96. The van der Waals surface area contributed by atoms with Crippen molar-refractivity contribution in [2.45, 2.75) is 13.8 Å². The van der Waals surface area contributed by atoms with E-state index in [1.165, 1.54) is 12.0 Å². The van der Waals surface area contributed by atoms with Crippen molar-refractivity contribution < 1.29 is 9.53 Å². The fourth-order valence-corrected chi connectivity index (χ4v) is 2.23. The van der Waals surface area contributed by atoms with Gasteiger partial charge in [0.25, 0.3) is 0 Å². The van der Waals surface area contributed by atoms with Gasteiger partial charge in [0.2, 0.25) is 0 Å². The molecule has 4 nitrogen and oxygen atoms in total. The number of fused-ring (bicyclic) bond motifs is 1. The van der Waals surface area contributed by atoms with Gasteiger partial charge < -0.3 is 4.74 Å². The SMILES string of the molecule is COC(=O)c1nc2sc(C)cn2c1C. The van der Waals surface area contributed by atoms with Crippen molar-refractivity contribution in [3.05, 3.63) is 22.5 Å². The van der Waals surface area contributed by atoms with E-state index in [0.717, 1.165) is 10.7 Å². The minimum Gasteiger partial charge on any atom is -0.464 e. The highest BCUT2D eigenvalue weighted by Crippen LogP contribution is 2.20. The number of hydrogen-bond acceptors (Lipinski definition) is 4. The Balaban J connectivity index is 2.64. The second-order valence-electron chi connectivity index (χ2n) is 3.03. The molecule has 0 bridgehead atoms. The molecule has 0 N–H and O–H groups in total. The molecule has 0 amide bonds. The maximum atomic E-state index is 11.3. The predicted octanol–water partition coefficient (Wildman–Crippen LogP) is 1.80. The van der Waals surface area contributed by atoms with Crippen LogP contribution in [0.15, 0.2) is 6.20 Å². The van der Waals surface area contributed by atoms with Crippen LogP contribution in [-0.4, -0.2) is 22.5 Å². The Labute approximate surface area is 85.1 Å². The molecule has 5 heteroatoms. The van der Waals surface area contributed by atoms with Crippen LogP contribution in [0.1, 0.15) is 21.1 Å². The number of thiazole rings is 1. The number of hydrogen-bond donors (Lipinski definition) is 0. The Hall–Kier alpha value is -1.36. The highest BCUT2D eigenvalue weighted by atomic mass is 32.1. The highest BCUT2D eigenvalue weighted by molar-refractivity contribution is 7.17. The molecule has 0 saturated carbocycles. The molecule has 74 valence electrons. The van der Waals surface area contributed by atoms with Crippen molar-refractivity contribution >= 4 is 22.3 Å². The van der Waals surface area contributed by atoms with Gasteiger partial charge in [-0.15, -0.1) is 11.3 Å². The Morgan fingerprint density at radius 2 is 2.29 bits per heavy atom. The van der Waals surface area contributed by atoms with Gasteiger partial charge >= 0.3 is 5.97 Å². The molecule has 0 aliphatic heterocycles. The van der Waals surface area contributed by atoms with Crippen molar-refractivity contribution in [1.29, 1.82) is 0 Å². The first-order valence-corrected chi connectivity index (χ1v) is 4.98. The van der Waals surface area contributed by atoms with E-state index in [4.69, 9.17) is 0 Å². The molecule has 2 aromatic heterocycles. The molecule has 0 unspecified atom stereocenters. The van der Waals surface area contributed by atoms with Crippen LogP contribution in [0, 0.1) is 13.8 Å². The summed E-state index contributed by atoms with van der Waals surface area (Å²) in [5.74, 6) is -0.379. The monoisotopic (exact) mass is 210 g/mol. The number of aryl methyl sites for hydroxylation is 2. The highest BCUT2D eigenvalue weighted by Gasteiger charge is 2.17. The summed E-state index contributed by atoms with van der Waals surface area (Å²) in [6.45, 7) is 3.87. The van der Waals surface area contributed by atoms with Crippen LogP contribution >= 0.6 is 11.3 Å². The molecule has 2 heterocycles. The second kappa shape index (κ2) is 3.09. The van der Waals surface area contributed by atoms with Gasteiger partial charge in [0, 0.05) is 11.1 Å². The van der Waals surface area contributed by atoms with Gasteiger partial charge in [-0.25, -0.2) is 9.78 Å². The van der Waals surface area contributed by atoms with Gasteiger partial charge in [0.15, 0.2) is 10.7 Å². The lowest BCUT2D eigenvalue weighted by Crippen LogP contribution is -2.03. The van der Waals surface area contributed by atoms with Gasteiger partial charge in [-0.3, -0.25) is 4.40 Å². The van der Waals surface area contributed by atoms with Crippen LogP contribution < -0.4 is 0 Å². The van der Waals surface area contributed by atoms with Gasteiger partial charge in [-0.2, -0.15) is 0 Å². The lowest BCUT2D eigenvalue weighted by Gasteiger charge is -1.95. The Bertz CT molecular complexity index is 498. The molecule has 0 atom stereocenters. The first-order chi connectivity index (χ1) is 6.63. The van der Waals surface area contributed by atoms with Crippen molar-refractivity contribution in [1.82, 2.24) is 9.38 Å². The number of imidazole rings is 1. The zero-order valence-corrected chi connectivity index (χ0v) is 9.01. The topological polar surface area (TPSA) is 43.6 Å². The maximum Gasteiger partial charge on any atom is 0.358 e. The fraction of sp³-hybridized carbons (Fsp3) is 0.333. The van der Waals surface area contributed by atoms with Crippen LogP contribution in [0.2, 0.25) is 0 Å². The summed E-state index contributed by atoms with van der Waals surface area (Å²) >= 11 is 1.56. The number of aromatic nitrogens is 2. The average molecular weight is 210 g/mol. The Kier molecular flexibility index (Phi) is 2.03. The molecule has 2 rings (SSSR count). The van der Waals surface area contributed by atoms with Gasteiger partial charge in [0.1, 0.15) is 0 Å². The van der Waals surface area contributed by atoms with Crippen molar-refractivity contribution in [3.8, 4) is 0 Å². The van der Waals surface area contributed by atoms with E-state index in [-0.39, 0.29) is 5.97 Å². The van der Waals surface area contributed by atoms with E-state index in [0.29, 0.717) is 5.69 Å². The third kappa shape index (κ3) is 1.21. The zero-order chi connectivity index (χ0) is 10.3. The third-order valence-electron chi connectivity index (χ3n) is 2.06. The number of ether oxygens (including phenoxy) is 1. The Morgan fingerprint density at radius 3 is 2.86 bits per heavy atom. The number of carbonyl (C=O) groups is 1. The van der Waals surface area contributed by atoms with Crippen molar-refractivity contribution in [2.24, 2.45) is 0 Å². The number of nitrogens with zero attached hydrogens (tertiary/aromatic N) is 2. The van der Waals surface area contributed by atoms with Crippen LogP contribution in [0.5, 0.6) is 0 Å². The van der Waals surface area contributed by atoms with Crippen LogP contribution in [0.4, 0.5) is 0 Å². The molecule has 0 aliphatic rings. The molecular formula is C9H10N2O2S. The van der Waals surface area contributed by atoms with E-state index in [1.807, 2.05) is 24.4 Å². The molecule has 2 aromatic rings. The fourth-order valence-electron chi connectivity index (χ4n) is 1.35. The molecule has 0 spiro atoms. The second-order valence-corrected chi connectivity index (χ2v) is 4.25. The first-order valence-electron chi connectivity index (χ1n) is 4.17. The van der Waals surface area contributed by atoms with Gasteiger partial charge in [0.05, 0.1) is 12.8 Å². The number of methoxy groups -OCH3 is 1. The van der Waals surface area contributed by atoms with Crippen LogP contribution in [-0.2, 0) is 4.74 Å². The van der Waals surface area contributed by atoms with E-state index < -0.39 is 0 Å². The number of esters is 1. The normalized spacial score (nSPS) is 10.8. The summed E-state index contributed by atoms with van der Waals surface area (Å²) in [7, 11) is 1.36. The first kappa shape index (κ1) is 9.21. The minimum atomic E-state index is -0.379. The molecular weight excluding hydrogens is 200 g/mol. The van der Waals surface area contributed by atoms with Crippen molar-refractivity contribution in [3.63, 3.8) is 0 Å². The average Bonchev–Trinajstić information content (AvgIpc) is 2.64. The number of rotatable bonds is 1. The molecule has 0 aromatic carbocycles. The van der Waals surface area contributed by atoms with Gasteiger partial charge in [-0.05, 0) is 13.8 Å². The Morgan fingerprint density at radius 1 is 1.57 bits per heavy atom. The smallest absolute Gasteiger partial charge is 0.358 e. The standard InChI is InChI=1S/C9H10N2O2S/c1-5-4-11-6(2)7(8(12)13-3)10-9(11)14-5/h4H,1-3H3. The largest absolute Gasteiger partial charge is 0.464 e. The summed E-state index contributed by atoms with van der Waals surface area (Å²) in [5.41, 5.74) is 1.23. The summed E-state index contributed by atoms with van der Waals surface area (Å²) in [4.78, 5) is 17.5. The summed E-state index contributed by atoms with van der Waals surface area (Å²) in [5, 5.41) is 0. The summed E-state index contributed by atoms with van der Waals surface area (Å²) in [6, 6.07) is 0. The lowest BCUT2D eigenvalue weighted by atomic mass is 10.3. The lowest BCUT2D eigenvalue weighted by molar-refractivity contribution is 0.0594. The number of carbonyl (C=O) groups excluding carboxylic acids is 1. The quantitative estimate of drug-likeness (QED) is 0.674. The molecule has 0 aliphatic carbocycles. The zero-order valence-electron chi connectivity index (χ0n) is 8.20. The molecule has 0 saturated heterocycles. The van der Waals surface area contributed by atoms with E-state index in [1.54, 1.807) is 11.3 Å². The van der Waals surface area contributed by atoms with E-state index >= 15 is 0 Å².